The predicted molar refractivity (Wildman–Crippen MR) is 154 cm³/mol. The molecular weight excluding hydrogens is 434 g/mol. The second-order valence-electron chi connectivity index (χ2n) is 11.0. The number of hydrogen-bond acceptors (Lipinski definition) is 1. The lowest BCUT2D eigenvalue weighted by molar-refractivity contribution is 0.358. The molecule has 0 saturated heterocycles. The summed E-state index contributed by atoms with van der Waals surface area (Å²) in [5, 5.41) is 6.66. The summed E-state index contributed by atoms with van der Waals surface area (Å²) in [7, 11) is 13.0. The Morgan fingerprint density at radius 1 is 0.694 bits per heavy atom. The summed E-state index contributed by atoms with van der Waals surface area (Å²) in [5.41, 5.74) is 6.29. The molecule has 0 bridgehead atoms. The fourth-order valence-corrected chi connectivity index (χ4v) is 5.64. The molecule has 3 aromatic heterocycles. The smallest absolute Gasteiger partial charge is 0.0702 e. The molecule has 0 aliphatic rings. The highest BCUT2D eigenvalue weighted by Gasteiger charge is 2.33. The van der Waals surface area contributed by atoms with E-state index in [0.29, 0.717) is 0 Å². The summed E-state index contributed by atoms with van der Waals surface area (Å²) in [6.45, 7) is 6.14. The first-order valence-corrected chi connectivity index (χ1v) is 12.4. The minimum atomic E-state index is -0.962. The Morgan fingerprint density at radius 2 is 1.39 bits per heavy atom. The number of aromatic nitrogens is 2. The molecule has 7 rings (SSSR count). The average Bonchev–Trinajstić information content (AvgIpc) is 3.39. The SMILES string of the molecule is [B]C([B])(c1ccc(-c2ccc3cc4c5ccccc5n5c6ccccc6c(c3c2)c45)nc1)C(C)(C)C. The van der Waals surface area contributed by atoms with Crippen LogP contribution in [0.2, 0.25) is 0 Å². The molecule has 0 spiro atoms. The summed E-state index contributed by atoms with van der Waals surface area (Å²) < 4.78 is 2.42. The average molecular weight is 458 g/mol. The summed E-state index contributed by atoms with van der Waals surface area (Å²) >= 11 is 0. The number of pyridine rings is 1. The number of fused-ring (bicyclic) bond motifs is 8. The van der Waals surface area contributed by atoms with Crippen LogP contribution in [0.25, 0.3) is 60.1 Å². The zero-order chi connectivity index (χ0) is 24.8. The molecule has 4 radical (unpaired) electrons. The second-order valence-corrected chi connectivity index (χ2v) is 11.0. The largest absolute Gasteiger partial charge is 0.308 e. The van der Waals surface area contributed by atoms with Crippen LogP contribution in [0, 0.1) is 5.41 Å². The van der Waals surface area contributed by atoms with Gasteiger partial charge in [-0.2, -0.15) is 0 Å². The van der Waals surface area contributed by atoms with Crippen LogP contribution in [0.15, 0.2) is 91.1 Å². The molecule has 0 aliphatic heterocycles. The van der Waals surface area contributed by atoms with E-state index in [-0.39, 0.29) is 5.41 Å². The van der Waals surface area contributed by atoms with E-state index >= 15 is 0 Å². The fraction of sp³-hybridized carbons (Fsp3) is 0.156. The lowest BCUT2D eigenvalue weighted by Gasteiger charge is -2.40. The van der Waals surface area contributed by atoms with Crippen molar-refractivity contribution in [3.05, 3.63) is 96.7 Å². The zero-order valence-corrected chi connectivity index (χ0v) is 20.7. The van der Waals surface area contributed by atoms with Gasteiger partial charge in [0, 0.05) is 33.3 Å². The van der Waals surface area contributed by atoms with Crippen LogP contribution < -0.4 is 0 Å². The topological polar surface area (TPSA) is 17.3 Å². The van der Waals surface area contributed by atoms with Gasteiger partial charge < -0.3 is 4.40 Å². The molecule has 0 atom stereocenters. The Labute approximate surface area is 213 Å². The molecule has 0 aliphatic carbocycles. The lowest BCUT2D eigenvalue weighted by atomic mass is 9.41. The molecule has 2 nitrogen and oxygen atoms in total. The van der Waals surface area contributed by atoms with E-state index in [0.717, 1.165) is 16.8 Å². The molecule has 0 saturated carbocycles. The van der Waals surface area contributed by atoms with Gasteiger partial charge in [-0.1, -0.05) is 80.6 Å². The lowest BCUT2D eigenvalue weighted by Crippen LogP contribution is -2.41. The van der Waals surface area contributed by atoms with Gasteiger partial charge in [-0.05, 0) is 52.1 Å². The van der Waals surface area contributed by atoms with Crippen molar-refractivity contribution in [3.63, 3.8) is 0 Å². The number of nitrogens with zero attached hydrogens (tertiary/aromatic N) is 2. The maximum atomic E-state index is 6.49. The maximum Gasteiger partial charge on any atom is 0.0702 e. The minimum absolute atomic E-state index is 0.291. The summed E-state index contributed by atoms with van der Waals surface area (Å²) in [4.78, 5) is 4.78. The Kier molecular flexibility index (Phi) is 4.26. The Hall–Kier alpha value is -3.78. The monoisotopic (exact) mass is 458 g/mol. The van der Waals surface area contributed by atoms with Crippen molar-refractivity contribution in [2.45, 2.75) is 26.0 Å². The van der Waals surface area contributed by atoms with Gasteiger partial charge in [-0.15, -0.1) is 0 Å². The van der Waals surface area contributed by atoms with Crippen LogP contribution in [-0.2, 0) is 5.21 Å². The summed E-state index contributed by atoms with van der Waals surface area (Å²) in [6.07, 6.45) is 1.82. The molecule has 3 heterocycles. The van der Waals surface area contributed by atoms with Crippen LogP contribution in [0.4, 0.5) is 0 Å². The summed E-state index contributed by atoms with van der Waals surface area (Å²) in [5.74, 6) is 0. The van der Waals surface area contributed by atoms with E-state index in [4.69, 9.17) is 20.7 Å². The van der Waals surface area contributed by atoms with Crippen molar-refractivity contribution in [2.24, 2.45) is 5.41 Å². The molecule has 0 fully saturated rings. The van der Waals surface area contributed by atoms with Crippen molar-refractivity contribution in [1.82, 2.24) is 9.38 Å². The van der Waals surface area contributed by atoms with Crippen LogP contribution in [0.3, 0.4) is 0 Å². The van der Waals surface area contributed by atoms with Crippen LogP contribution >= 0.6 is 0 Å². The van der Waals surface area contributed by atoms with E-state index < -0.39 is 5.21 Å². The van der Waals surface area contributed by atoms with Crippen molar-refractivity contribution >= 4 is 64.6 Å². The first kappa shape index (κ1) is 21.5. The van der Waals surface area contributed by atoms with E-state index in [9.17, 15) is 0 Å². The molecule has 36 heavy (non-hydrogen) atoms. The van der Waals surface area contributed by atoms with Crippen LogP contribution in [-0.4, -0.2) is 25.1 Å². The van der Waals surface area contributed by atoms with Crippen molar-refractivity contribution < 1.29 is 0 Å². The van der Waals surface area contributed by atoms with Crippen molar-refractivity contribution in [1.29, 1.82) is 0 Å². The van der Waals surface area contributed by atoms with Crippen molar-refractivity contribution in [3.8, 4) is 11.3 Å². The molecule has 4 aromatic carbocycles. The number of para-hydroxylation sites is 2. The van der Waals surface area contributed by atoms with Crippen molar-refractivity contribution in [2.75, 3.05) is 0 Å². The van der Waals surface area contributed by atoms with E-state index in [1.54, 1.807) is 0 Å². The number of benzene rings is 4. The van der Waals surface area contributed by atoms with E-state index in [2.05, 4.69) is 77.2 Å². The predicted octanol–water partition coefficient (Wildman–Crippen LogP) is 7.59. The van der Waals surface area contributed by atoms with Crippen LogP contribution in [0.1, 0.15) is 26.3 Å². The maximum absolute atomic E-state index is 6.49. The second kappa shape index (κ2) is 7.13. The first-order chi connectivity index (χ1) is 17.3. The Morgan fingerprint density at radius 3 is 2.08 bits per heavy atom. The Balaban J connectivity index is 1.50. The standard InChI is InChI=1S/C32H24B2N2/c1-31(2,3)32(33,34)21-14-15-26(35-18-21)20-13-12-19-16-25-22-8-4-6-10-27(22)36-28-11-7-5-9-23(28)29(30(25)36)24(19)17-20/h4-18H,1-3H3. The quantitative estimate of drug-likeness (QED) is 0.244. The zero-order valence-electron chi connectivity index (χ0n) is 20.7. The van der Waals surface area contributed by atoms with Gasteiger partial charge in [0.2, 0.25) is 0 Å². The molecule has 0 amide bonds. The highest BCUT2D eigenvalue weighted by Crippen LogP contribution is 2.43. The van der Waals surface area contributed by atoms with Gasteiger partial charge in [0.1, 0.15) is 0 Å². The van der Waals surface area contributed by atoms with Crippen LogP contribution in [0.5, 0.6) is 0 Å². The highest BCUT2D eigenvalue weighted by atomic mass is 14.9. The molecule has 168 valence electrons. The van der Waals surface area contributed by atoms with Gasteiger partial charge in [0.25, 0.3) is 0 Å². The third-order valence-corrected chi connectivity index (χ3v) is 7.97. The van der Waals surface area contributed by atoms with Gasteiger partial charge >= 0.3 is 0 Å². The molecule has 0 unspecified atom stereocenters. The highest BCUT2D eigenvalue weighted by molar-refractivity contribution is 6.40. The number of hydrogen-bond donors (Lipinski definition) is 0. The Bertz CT molecular complexity index is 1940. The molecule has 7 aromatic rings. The summed E-state index contributed by atoms with van der Waals surface area (Å²) in [6, 6.07) is 30.4. The van der Waals surface area contributed by atoms with E-state index in [1.807, 2.05) is 39.1 Å². The van der Waals surface area contributed by atoms with Gasteiger partial charge in [-0.25, -0.2) is 0 Å². The molecular formula is C32H24B2N2. The third-order valence-electron chi connectivity index (χ3n) is 7.97. The first-order valence-electron chi connectivity index (χ1n) is 12.4. The molecule has 0 N–H and O–H groups in total. The van der Waals surface area contributed by atoms with E-state index in [1.165, 1.54) is 48.9 Å². The third kappa shape index (κ3) is 2.79. The normalized spacial score (nSPS) is 13.1. The fourth-order valence-electron chi connectivity index (χ4n) is 5.64. The molecule has 4 heteroatoms. The van der Waals surface area contributed by atoms with Gasteiger partial charge in [0.05, 0.1) is 37.9 Å². The minimum Gasteiger partial charge on any atom is -0.308 e. The number of rotatable bonds is 2. The van der Waals surface area contributed by atoms with Gasteiger partial charge in [-0.3, -0.25) is 4.98 Å². The van der Waals surface area contributed by atoms with Gasteiger partial charge in [0.15, 0.2) is 0 Å².